The molecular weight excluding hydrogens is 313 g/mol. The molecule has 8 heteroatoms. The predicted molar refractivity (Wildman–Crippen MR) is 78.9 cm³/mol. The maximum Gasteiger partial charge on any atom is 0.325 e. The molecule has 0 aliphatic carbocycles. The molecule has 1 fully saturated rings. The molecule has 1 atom stereocenters. The minimum atomic E-state index is -0.630. The molecule has 0 radical (unpaired) electrons. The summed E-state index contributed by atoms with van der Waals surface area (Å²) in [7, 11) is 0. The lowest BCUT2D eigenvalue weighted by Gasteiger charge is -2.14. The average Bonchev–Trinajstić information content (AvgIpc) is 2.70. The third kappa shape index (κ3) is 3.36. The van der Waals surface area contributed by atoms with Gasteiger partial charge in [0.1, 0.15) is 18.4 Å². The molecule has 0 saturated carbocycles. The minimum Gasteiger partial charge on any atom is -0.326 e. The van der Waals surface area contributed by atoms with E-state index in [2.05, 4.69) is 10.6 Å². The molecule has 1 aliphatic heterocycles. The highest BCUT2D eigenvalue weighted by Gasteiger charge is 2.40. The zero-order valence-corrected chi connectivity index (χ0v) is 12.8. The third-order valence-electron chi connectivity index (χ3n) is 3.23. The number of carbonyl (C=O) groups excluding carboxylic acids is 3. The Labute approximate surface area is 131 Å². The minimum absolute atomic E-state index is 0.0330. The van der Waals surface area contributed by atoms with Crippen molar-refractivity contribution in [3.05, 3.63) is 29.0 Å². The standard InChI is InChI=1S/C14H15ClFN3O3/c1-7(2)12-13(21)19(14(22)18-12)6-11(20)17-10-4-3-8(16)5-9(10)15/h3-5,7,12H,6H2,1-2H3,(H,17,20)(H,18,22). The second-order valence-corrected chi connectivity index (χ2v) is 5.68. The first-order valence-electron chi connectivity index (χ1n) is 6.66. The summed E-state index contributed by atoms with van der Waals surface area (Å²) in [6, 6.07) is 2.26. The third-order valence-corrected chi connectivity index (χ3v) is 3.54. The van der Waals surface area contributed by atoms with Crippen molar-refractivity contribution in [2.75, 3.05) is 11.9 Å². The van der Waals surface area contributed by atoms with Gasteiger partial charge in [-0.25, -0.2) is 9.18 Å². The maximum atomic E-state index is 12.9. The van der Waals surface area contributed by atoms with Gasteiger partial charge in [0, 0.05) is 0 Å². The Morgan fingerprint density at radius 2 is 2.14 bits per heavy atom. The van der Waals surface area contributed by atoms with Crippen molar-refractivity contribution in [1.82, 2.24) is 10.2 Å². The van der Waals surface area contributed by atoms with Gasteiger partial charge in [0.25, 0.3) is 5.91 Å². The van der Waals surface area contributed by atoms with Crippen LogP contribution in [0.15, 0.2) is 18.2 Å². The topological polar surface area (TPSA) is 78.5 Å². The van der Waals surface area contributed by atoms with E-state index < -0.39 is 36.2 Å². The smallest absolute Gasteiger partial charge is 0.325 e. The quantitative estimate of drug-likeness (QED) is 0.830. The molecule has 2 rings (SSSR count). The molecule has 0 spiro atoms. The van der Waals surface area contributed by atoms with Crippen LogP contribution in [0, 0.1) is 11.7 Å². The number of nitrogens with zero attached hydrogens (tertiary/aromatic N) is 1. The van der Waals surface area contributed by atoms with Crippen LogP contribution >= 0.6 is 11.6 Å². The van der Waals surface area contributed by atoms with Crippen LogP contribution in [0.4, 0.5) is 14.9 Å². The predicted octanol–water partition coefficient (Wildman–Crippen LogP) is 1.99. The number of carbonyl (C=O) groups is 3. The van der Waals surface area contributed by atoms with Gasteiger partial charge in [-0.2, -0.15) is 0 Å². The lowest BCUT2D eigenvalue weighted by Crippen LogP contribution is -2.39. The van der Waals surface area contributed by atoms with Gasteiger partial charge in [-0.05, 0) is 24.1 Å². The van der Waals surface area contributed by atoms with E-state index in [4.69, 9.17) is 11.6 Å². The van der Waals surface area contributed by atoms with Gasteiger partial charge < -0.3 is 10.6 Å². The van der Waals surface area contributed by atoms with Crippen LogP contribution < -0.4 is 10.6 Å². The molecular formula is C14H15ClFN3O3. The van der Waals surface area contributed by atoms with Crippen LogP contribution in [0.5, 0.6) is 0 Å². The van der Waals surface area contributed by atoms with Gasteiger partial charge in [-0.1, -0.05) is 25.4 Å². The molecule has 1 aromatic rings. The fraction of sp³-hybridized carbons (Fsp3) is 0.357. The monoisotopic (exact) mass is 327 g/mol. The van der Waals surface area contributed by atoms with Crippen LogP contribution in [0.3, 0.4) is 0 Å². The number of rotatable bonds is 4. The van der Waals surface area contributed by atoms with Gasteiger partial charge in [-0.15, -0.1) is 0 Å². The van der Waals surface area contributed by atoms with Crippen LogP contribution in [0.1, 0.15) is 13.8 Å². The van der Waals surface area contributed by atoms with Crippen molar-refractivity contribution >= 4 is 35.1 Å². The Hall–Kier alpha value is -2.15. The second-order valence-electron chi connectivity index (χ2n) is 5.27. The lowest BCUT2D eigenvalue weighted by molar-refractivity contribution is -0.131. The van der Waals surface area contributed by atoms with E-state index >= 15 is 0 Å². The van der Waals surface area contributed by atoms with E-state index in [0.717, 1.165) is 17.0 Å². The van der Waals surface area contributed by atoms with Crippen molar-refractivity contribution in [2.24, 2.45) is 5.92 Å². The van der Waals surface area contributed by atoms with E-state index in [1.54, 1.807) is 13.8 Å². The van der Waals surface area contributed by atoms with Gasteiger partial charge in [0.05, 0.1) is 10.7 Å². The second kappa shape index (κ2) is 6.31. The van der Waals surface area contributed by atoms with Crippen LogP contribution in [-0.2, 0) is 9.59 Å². The zero-order valence-electron chi connectivity index (χ0n) is 12.0. The van der Waals surface area contributed by atoms with Crippen molar-refractivity contribution in [1.29, 1.82) is 0 Å². The SMILES string of the molecule is CC(C)C1NC(=O)N(CC(=O)Nc2ccc(F)cc2Cl)C1=O. The summed E-state index contributed by atoms with van der Waals surface area (Å²) in [6.45, 7) is 3.16. The molecule has 1 heterocycles. The van der Waals surface area contributed by atoms with Gasteiger partial charge in [0.2, 0.25) is 5.91 Å². The first kappa shape index (κ1) is 16.2. The van der Waals surface area contributed by atoms with Crippen molar-refractivity contribution in [3.8, 4) is 0 Å². The normalized spacial score (nSPS) is 17.9. The summed E-state index contributed by atoms with van der Waals surface area (Å²) in [5.41, 5.74) is 0.209. The summed E-state index contributed by atoms with van der Waals surface area (Å²) in [5, 5.41) is 4.99. The number of hydrogen-bond acceptors (Lipinski definition) is 3. The Morgan fingerprint density at radius 3 is 2.68 bits per heavy atom. The summed E-state index contributed by atoms with van der Waals surface area (Å²) in [4.78, 5) is 36.6. The van der Waals surface area contributed by atoms with Crippen molar-refractivity contribution < 1.29 is 18.8 Å². The summed E-state index contributed by atoms with van der Waals surface area (Å²) < 4.78 is 12.9. The van der Waals surface area contributed by atoms with Crippen molar-refractivity contribution in [3.63, 3.8) is 0 Å². The molecule has 1 unspecified atom stereocenters. The first-order chi connectivity index (χ1) is 10.3. The Balaban J connectivity index is 2.03. The lowest BCUT2D eigenvalue weighted by atomic mass is 10.1. The van der Waals surface area contributed by atoms with Crippen LogP contribution in [-0.4, -0.2) is 35.3 Å². The average molecular weight is 328 g/mol. The maximum absolute atomic E-state index is 12.9. The van der Waals surface area contributed by atoms with Crippen LogP contribution in [0.25, 0.3) is 0 Å². The molecule has 0 bridgehead atoms. The number of urea groups is 1. The molecule has 4 amide bonds. The van der Waals surface area contributed by atoms with Gasteiger partial charge in [0.15, 0.2) is 0 Å². The van der Waals surface area contributed by atoms with E-state index in [1.807, 2.05) is 0 Å². The fourth-order valence-corrected chi connectivity index (χ4v) is 2.28. The Morgan fingerprint density at radius 1 is 1.45 bits per heavy atom. The Kier molecular flexibility index (Phi) is 4.65. The molecule has 1 aromatic carbocycles. The number of halogens is 2. The molecule has 2 N–H and O–H groups in total. The number of imide groups is 1. The van der Waals surface area contributed by atoms with E-state index in [1.165, 1.54) is 6.07 Å². The van der Waals surface area contributed by atoms with E-state index in [0.29, 0.717) is 0 Å². The van der Waals surface area contributed by atoms with E-state index in [-0.39, 0.29) is 16.6 Å². The molecule has 0 aromatic heterocycles. The number of hydrogen-bond donors (Lipinski definition) is 2. The Bertz CT molecular complexity index is 636. The number of nitrogens with one attached hydrogen (secondary N) is 2. The highest BCUT2D eigenvalue weighted by Crippen LogP contribution is 2.22. The molecule has 6 nitrogen and oxygen atoms in total. The number of amides is 4. The largest absolute Gasteiger partial charge is 0.326 e. The molecule has 1 saturated heterocycles. The van der Waals surface area contributed by atoms with Gasteiger partial charge in [-0.3, -0.25) is 14.5 Å². The summed E-state index contributed by atoms with van der Waals surface area (Å²) in [6.07, 6.45) is 0. The first-order valence-corrected chi connectivity index (χ1v) is 7.04. The van der Waals surface area contributed by atoms with Gasteiger partial charge >= 0.3 is 6.03 Å². The van der Waals surface area contributed by atoms with E-state index in [9.17, 15) is 18.8 Å². The molecule has 22 heavy (non-hydrogen) atoms. The van der Waals surface area contributed by atoms with Crippen LogP contribution in [0.2, 0.25) is 5.02 Å². The highest BCUT2D eigenvalue weighted by atomic mass is 35.5. The van der Waals surface area contributed by atoms with Crippen molar-refractivity contribution in [2.45, 2.75) is 19.9 Å². The highest BCUT2D eigenvalue weighted by molar-refractivity contribution is 6.33. The fourth-order valence-electron chi connectivity index (χ4n) is 2.07. The number of benzene rings is 1. The summed E-state index contributed by atoms with van der Waals surface area (Å²) >= 11 is 5.80. The number of anilines is 1. The molecule has 118 valence electrons. The molecule has 1 aliphatic rings. The zero-order chi connectivity index (χ0) is 16.4. The summed E-state index contributed by atoms with van der Waals surface area (Å²) in [5.74, 6) is -1.64.